The van der Waals surface area contributed by atoms with Gasteiger partial charge in [0, 0.05) is 0 Å². The van der Waals surface area contributed by atoms with E-state index in [0.29, 0.717) is 0 Å². The van der Waals surface area contributed by atoms with E-state index in [2.05, 4.69) is 151 Å². The normalized spacial score (nSPS) is 9.78. The second-order valence-electron chi connectivity index (χ2n) is 9.36. The zero-order chi connectivity index (χ0) is 28.0. The van der Waals surface area contributed by atoms with Crippen LogP contribution in [0.2, 0.25) is 0 Å². The van der Waals surface area contributed by atoms with Crippen LogP contribution in [0.3, 0.4) is 0 Å². The molecule has 0 radical (unpaired) electrons. The molecule has 0 amide bonds. The quantitative estimate of drug-likeness (QED) is 0.144. The van der Waals surface area contributed by atoms with Crippen LogP contribution in [0.25, 0.3) is 43.8 Å². The zero-order valence-electron chi connectivity index (χ0n) is 24.7. The maximum atomic E-state index is 2.34. The molecule has 40 heavy (non-hydrogen) atoms. The van der Waals surface area contributed by atoms with Crippen LogP contribution in [0.1, 0.15) is 38.8 Å². The molecule has 6 aromatic rings. The third-order valence-corrected chi connectivity index (χ3v) is 6.61. The van der Waals surface area contributed by atoms with Gasteiger partial charge in [-0.3, -0.25) is 0 Å². The molecule has 0 atom stereocenters. The number of benzene rings is 4. The van der Waals surface area contributed by atoms with Crippen LogP contribution >= 0.6 is 0 Å². The minimum atomic E-state index is 0. The second kappa shape index (κ2) is 17.6. The third-order valence-electron chi connectivity index (χ3n) is 6.61. The molecule has 2 heteroatoms. The molecular weight excluding hydrogens is 535 g/mol. The van der Waals surface area contributed by atoms with Gasteiger partial charge in [0.05, 0.1) is 0 Å². The standard InChI is InChI=1S/2C17H15.C3H7.CH3.H2Si.V/c2*1-2-13-11-15-9-6-10-16(17(15)12-13)14-7-4-3-5-8-14;1-3-2;;;/h2*3-12H,2H2,1H3;3H,1-2H3;1H3;1H2;/q4*-1;;. The summed E-state index contributed by atoms with van der Waals surface area (Å²) in [5, 5.41) is 5.44. The van der Waals surface area contributed by atoms with Crippen molar-refractivity contribution in [1.29, 1.82) is 0 Å². The molecule has 6 rings (SSSR count). The van der Waals surface area contributed by atoms with Gasteiger partial charge in [0.1, 0.15) is 0 Å². The van der Waals surface area contributed by atoms with Crippen LogP contribution in [0, 0.1) is 13.8 Å². The van der Waals surface area contributed by atoms with Gasteiger partial charge in [0.2, 0.25) is 0 Å². The Balaban J connectivity index is 0.000000237. The van der Waals surface area contributed by atoms with Gasteiger partial charge in [-0.1, -0.05) is 97.8 Å². The summed E-state index contributed by atoms with van der Waals surface area (Å²) in [4.78, 5) is 0. The fourth-order valence-corrected chi connectivity index (χ4v) is 4.74. The average molecular weight is 578 g/mol. The van der Waals surface area contributed by atoms with Crippen molar-refractivity contribution < 1.29 is 16.3 Å². The van der Waals surface area contributed by atoms with Crippen molar-refractivity contribution in [2.75, 3.05) is 0 Å². The molecule has 6 aromatic carbocycles. The van der Waals surface area contributed by atoms with E-state index >= 15 is 0 Å². The maximum absolute atomic E-state index is 2.34. The monoisotopic (exact) mass is 577 g/mol. The molecule has 207 valence electrons. The summed E-state index contributed by atoms with van der Waals surface area (Å²) in [6.45, 7) is 8.41. The van der Waals surface area contributed by atoms with Crippen molar-refractivity contribution in [3.8, 4) is 22.3 Å². The van der Waals surface area contributed by atoms with Crippen LogP contribution < -0.4 is 0 Å². The number of aryl methyl sites for hydroxylation is 2. The molecule has 0 heterocycles. The first kappa shape index (κ1) is 33.1. The van der Waals surface area contributed by atoms with Crippen LogP contribution in [0.4, 0.5) is 0 Å². The van der Waals surface area contributed by atoms with Crippen molar-refractivity contribution in [3.05, 3.63) is 146 Å². The summed E-state index contributed by atoms with van der Waals surface area (Å²) in [5.41, 5.74) is 8.11. The van der Waals surface area contributed by atoms with Crippen molar-refractivity contribution in [2.45, 2.75) is 40.5 Å². The third kappa shape index (κ3) is 8.45. The Kier molecular flexibility index (Phi) is 14.5. The van der Waals surface area contributed by atoms with Gasteiger partial charge >= 0.3 is 24.4 Å². The Morgan fingerprint density at radius 1 is 0.575 bits per heavy atom. The molecule has 0 nitrogen and oxygen atoms in total. The first-order valence-corrected chi connectivity index (χ1v) is 17.3. The van der Waals surface area contributed by atoms with E-state index in [1.165, 1.54) is 54.9 Å². The van der Waals surface area contributed by atoms with Crippen LogP contribution in [0.15, 0.2) is 121 Å². The Bertz CT molecular complexity index is 1420. The Labute approximate surface area is 254 Å². The van der Waals surface area contributed by atoms with E-state index in [-0.39, 0.29) is 7.43 Å². The predicted octanol–water partition coefficient (Wildman–Crippen LogP) is 10.3. The molecule has 0 aliphatic carbocycles. The van der Waals surface area contributed by atoms with Gasteiger partial charge in [-0.05, 0) is 24.0 Å². The summed E-state index contributed by atoms with van der Waals surface area (Å²) >= 11 is 2.34. The van der Waals surface area contributed by atoms with E-state index in [1.54, 1.807) is 8.15 Å². The Hall–Kier alpha value is -3.10. The first-order valence-electron chi connectivity index (χ1n) is 13.7. The molecule has 0 aromatic heterocycles. The molecule has 0 saturated carbocycles. The summed E-state index contributed by atoms with van der Waals surface area (Å²) in [7, 11) is 1.80. The van der Waals surface area contributed by atoms with Crippen molar-refractivity contribution in [2.24, 2.45) is 0 Å². The predicted molar refractivity (Wildman–Crippen MR) is 179 cm³/mol. The van der Waals surface area contributed by atoms with Crippen molar-refractivity contribution in [3.63, 3.8) is 0 Å². The number of hydrogen-bond donors (Lipinski definition) is 0. The van der Waals surface area contributed by atoms with E-state index < -0.39 is 0 Å². The topological polar surface area (TPSA) is 0 Å². The van der Waals surface area contributed by atoms with Crippen LogP contribution in [0.5, 0.6) is 0 Å². The van der Waals surface area contributed by atoms with Crippen molar-refractivity contribution in [1.82, 2.24) is 0 Å². The van der Waals surface area contributed by atoms with Crippen LogP contribution in [-0.2, 0) is 29.1 Å². The fraction of sp³-hybridized carbons (Fsp3) is 0.158. The minimum absolute atomic E-state index is 0. The molecule has 0 N–H and O–H groups in total. The van der Waals surface area contributed by atoms with E-state index in [4.69, 9.17) is 0 Å². The average Bonchev–Trinajstić information content (AvgIpc) is 3.64. The molecular formula is C38H42SiV-4. The fourth-order valence-electron chi connectivity index (χ4n) is 4.74. The SMILES string of the molecule is CCc1cc2c(-c3ccccc3)cccc2[cH-]1.CCc1cc2c(-c3ccccc3)cccc2[cH-]1.C[CH-]C.[CH3-].[SiH2]=[V]. The van der Waals surface area contributed by atoms with Gasteiger partial charge in [0.25, 0.3) is 0 Å². The summed E-state index contributed by atoms with van der Waals surface area (Å²) < 4.78 is 0. The Morgan fingerprint density at radius 2 is 0.925 bits per heavy atom. The summed E-state index contributed by atoms with van der Waals surface area (Å²) in [6.07, 6.45) is 4.20. The molecule has 0 spiro atoms. The van der Waals surface area contributed by atoms with Gasteiger partial charge in [-0.2, -0.15) is 26.0 Å². The molecule has 0 unspecified atom stereocenters. The molecule has 0 fully saturated rings. The molecule has 0 saturated heterocycles. The summed E-state index contributed by atoms with van der Waals surface area (Å²) in [5.74, 6) is 0. The molecule has 0 aliphatic heterocycles. The van der Waals surface area contributed by atoms with E-state index in [9.17, 15) is 0 Å². The first-order chi connectivity index (χ1) is 19.2. The Morgan fingerprint density at radius 3 is 1.25 bits per heavy atom. The molecule has 0 bridgehead atoms. The van der Waals surface area contributed by atoms with Crippen molar-refractivity contribution >= 4 is 29.7 Å². The number of rotatable bonds is 4. The van der Waals surface area contributed by atoms with E-state index in [1.807, 2.05) is 20.3 Å². The van der Waals surface area contributed by atoms with Gasteiger partial charge in [-0.25, -0.2) is 0 Å². The second-order valence-corrected chi connectivity index (χ2v) is 9.36. The van der Waals surface area contributed by atoms with Gasteiger partial charge in [-0.15, -0.1) is 69.1 Å². The number of fused-ring (bicyclic) bond motifs is 2. The summed E-state index contributed by atoms with van der Waals surface area (Å²) in [6, 6.07) is 43.5. The molecule has 0 aliphatic rings. The van der Waals surface area contributed by atoms with E-state index in [0.717, 1.165) is 12.8 Å². The van der Waals surface area contributed by atoms with Crippen LogP contribution in [-0.4, -0.2) is 8.15 Å². The van der Waals surface area contributed by atoms with Gasteiger partial charge in [0.15, 0.2) is 0 Å². The zero-order valence-corrected chi connectivity index (χ0v) is 27.5. The van der Waals surface area contributed by atoms with Gasteiger partial charge < -0.3 is 13.8 Å². The number of hydrogen-bond acceptors (Lipinski definition) is 0.